The molecule has 1 fully saturated rings. The van der Waals surface area contributed by atoms with Gasteiger partial charge in [-0.1, -0.05) is 12.1 Å². The first kappa shape index (κ1) is 10.5. The van der Waals surface area contributed by atoms with Gasteiger partial charge in [-0.05, 0) is 30.5 Å². The van der Waals surface area contributed by atoms with Crippen LogP contribution in [0.2, 0.25) is 0 Å². The van der Waals surface area contributed by atoms with E-state index in [1.807, 2.05) is 18.2 Å². The minimum atomic E-state index is 0.257. The van der Waals surface area contributed by atoms with Gasteiger partial charge in [-0.3, -0.25) is 0 Å². The highest BCUT2D eigenvalue weighted by Crippen LogP contribution is 2.25. The van der Waals surface area contributed by atoms with E-state index in [-0.39, 0.29) is 6.04 Å². The Bertz CT molecular complexity index is 323. The maximum atomic E-state index is 5.77. The van der Waals surface area contributed by atoms with Crippen molar-refractivity contribution in [3.63, 3.8) is 0 Å². The third kappa shape index (κ3) is 2.70. The monoisotopic (exact) mass is 206 g/mol. The molecule has 0 spiro atoms. The zero-order chi connectivity index (χ0) is 10.7. The summed E-state index contributed by atoms with van der Waals surface area (Å²) in [6.45, 7) is 0.629. The van der Waals surface area contributed by atoms with Gasteiger partial charge in [-0.25, -0.2) is 0 Å². The van der Waals surface area contributed by atoms with Crippen molar-refractivity contribution in [1.82, 2.24) is 5.32 Å². The maximum Gasteiger partial charge on any atom is 0.119 e. The van der Waals surface area contributed by atoms with Gasteiger partial charge in [0, 0.05) is 18.6 Å². The lowest BCUT2D eigenvalue weighted by atomic mass is 10.1. The molecule has 1 aromatic carbocycles. The second-order valence-corrected chi connectivity index (χ2v) is 4.01. The number of nitrogens with one attached hydrogen (secondary N) is 1. The third-order valence-electron chi connectivity index (χ3n) is 2.75. The third-order valence-corrected chi connectivity index (χ3v) is 2.75. The van der Waals surface area contributed by atoms with E-state index >= 15 is 0 Å². The molecule has 0 radical (unpaired) electrons. The van der Waals surface area contributed by atoms with Gasteiger partial charge in [-0.2, -0.15) is 0 Å². The minimum absolute atomic E-state index is 0.257. The van der Waals surface area contributed by atoms with Crippen LogP contribution in [0.4, 0.5) is 0 Å². The summed E-state index contributed by atoms with van der Waals surface area (Å²) in [5.41, 5.74) is 6.98. The van der Waals surface area contributed by atoms with Gasteiger partial charge >= 0.3 is 0 Å². The van der Waals surface area contributed by atoms with E-state index in [1.54, 1.807) is 7.11 Å². The second-order valence-electron chi connectivity index (χ2n) is 4.01. The highest BCUT2D eigenvalue weighted by molar-refractivity contribution is 5.30. The van der Waals surface area contributed by atoms with Crippen molar-refractivity contribution in [3.05, 3.63) is 29.8 Å². The Morgan fingerprint density at radius 1 is 1.53 bits per heavy atom. The first-order chi connectivity index (χ1) is 7.33. The molecule has 2 rings (SSSR count). The standard InChI is InChI=1S/C12H18N2O/c1-15-11-4-2-3-9(7-11)12(8-13)14-10-5-6-10/h2-4,7,10,12,14H,5-6,8,13H2,1H3. The molecule has 3 heteroatoms. The normalized spacial score (nSPS) is 17.5. The van der Waals surface area contributed by atoms with E-state index in [4.69, 9.17) is 10.5 Å². The molecule has 1 unspecified atom stereocenters. The summed E-state index contributed by atoms with van der Waals surface area (Å²) in [5, 5.41) is 3.53. The van der Waals surface area contributed by atoms with E-state index in [2.05, 4.69) is 11.4 Å². The van der Waals surface area contributed by atoms with Crippen LogP contribution in [0.5, 0.6) is 5.75 Å². The van der Waals surface area contributed by atoms with E-state index in [9.17, 15) is 0 Å². The van der Waals surface area contributed by atoms with Gasteiger partial charge in [0.05, 0.1) is 7.11 Å². The Balaban J connectivity index is 2.09. The van der Waals surface area contributed by atoms with Crippen molar-refractivity contribution >= 4 is 0 Å². The van der Waals surface area contributed by atoms with E-state index < -0.39 is 0 Å². The average molecular weight is 206 g/mol. The lowest BCUT2D eigenvalue weighted by Gasteiger charge is -2.17. The van der Waals surface area contributed by atoms with Crippen LogP contribution in [-0.4, -0.2) is 19.7 Å². The van der Waals surface area contributed by atoms with Gasteiger partial charge in [0.1, 0.15) is 5.75 Å². The lowest BCUT2D eigenvalue weighted by Crippen LogP contribution is -2.29. The number of hydrogen-bond acceptors (Lipinski definition) is 3. The lowest BCUT2D eigenvalue weighted by molar-refractivity contribution is 0.413. The fourth-order valence-corrected chi connectivity index (χ4v) is 1.69. The fourth-order valence-electron chi connectivity index (χ4n) is 1.69. The predicted octanol–water partition coefficient (Wildman–Crippen LogP) is 1.45. The quantitative estimate of drug-likeness (QED) is 0.766. The fraction of sp³-hybridized carbons (Fsp3) is 0.500. The van der Waals surface area contributed by atoms with Crippen LogP contribution >= 0.6 is 0 Å². The molecule has 1 saturated carbocycles. The molecule has 1 aromatic rings. The van der Waals surface area contributed by atoms with Crippen LogP contribution in [0, 0.1) is 0 Å². The molecule has 3 N–H and O–H groups in total. The van der Waals surface area contributed by atoms with Crippen molar-refractivity contribution < 1.29 is 4.74 Å². The van der Waals surface area contributed by atoms with Gasteiger partial charge in [-0.15, -0.1) is 0 Å². The number of nitrogens with two attached hydrogens (primary N) is 1. The van der Waals surface area contributed by atoms with Crippen molar-refractivity contribution in [1.29, 1.82) is 0 Å². The zero-order valence-corrected chi connectivity index (χ0v) is 9.07. The molecular weight excluding hydrogens is 188 g/mol. The first-order valence-electron chi connectivity index (χ1n) is 5.43. The first-order valence-corrected chi connectivity index (χ1v) is 5.43. The van der Waals surface area contributed by atoms with Crippen LogP contribution in [0.1, 0.15) is 24.4 Å². The number of rotatable bonds is 5. The predicted molar refractivity (Wildman–Crippen MR) is 60.9 cm³/mol. The zero-order valence-electron chi connectivity index (χ0n) is 9.07. The van der Waals surface area contributed by atoms with E-state index in [0.717, 1.165) is 5.75 Å². The molecule has 82 valence electrons. The number of methoxy groups -OCH3 is 1. The Kier molecular flexibility index (Phi) is 3.23. The minimum Gasteiger partial charge on any atom is -0.497 e. The summed E-state index contributed by atoms with van der Waals surface area (Å²) >= 11 is 0. The molecule has 1 atom stereocenters. The summed E-state index contributed by atoms with van der Waals surface area (Å²) in [6.07, 6.45) is 2.56. The van der Waals surface area contributed by atoms with Crippen molar-refractivity contribution in [3.8, 4) is 5.75 Å². The SMILES string of the molecule is COc1cccc(C(CN)NC2CC2)c1. The maximum absolute atomic E-state index is 5.77. The second kappa shape index (κ2) is 4.64. The molecule has 0 saturated heterocycles. The van der Waals surface area contributed by atoms with Crippen molar-refractivity contribution in [2.45, 2.75) is 24.9 Å². The van der Waals surface area contributed by atoms with Crippen LogP contribution in [0.25, 0.3) is 0 Å². The van der Waals surface area contributed by atoms with Crippen LogP contribution in [0.15, 0.2) is 24.3 Å². The van der Waals surface area contributed by atoms with Crippen molar-refractivity contribution in [2.75, 3.05) is 13.7 Å². The largest absolute Gasteiger partial charge is 0.497 e. The molecule has 0 amide bonds. The van der Waals surface area contributed by atoms with Gasteiger partial charge in [0.2, 0.25) is 0 Å². The number of hydrogen-bond donors (Lipinski definition) is 2. The Morgan fingerprint density at radius 2 is 2.33 bits per heavy atom. The highest BCUT2D eigenvalue weighted by atomic mass is 16.5. The molecule has 0 bridgehead atoms. The molecular formula is C12H18N2O. The Morgan fingerprint density at radius 3 is 2.93 bits per heavy atom. The molecule has 0 heterocycles. The summed E-state index contributed by atoms with van der Waals surface area (Å²) in [5.74, 6) is 0.892. The molecule has 1 aliphatic carbocycles. The van der Waals surface area contributed by atoms with Crippen LogP contribution in [0.3, 0.4) is 0 Å². The highest BCUT2D eigenvalue weighted by Gasteiger charge is 2.24. The number of benzene rings is 1. The average Bonchev–Trinajstić information content (AvgIpc) is 3.10. The smallest absolute Gasteiger partial charge is 0.119 e. The summed E-state index contributed by atoms with van der Waals surface area (Å²) in [4.78, 5) is 0. The number of ether oxygens (including phenoxy) is 1. The van der Waals surface area contributed by atoms with Gasteiger partial charge < -0.3 is 15.8 Å². The summed E-state index contributed by atoms with van der Waals surface area (Å²) < 4.78 is 5.20. The van der Waals surface area contributed by atoms with Crippen LogP contribution < -0.4 is 15.8 Å². The molecule has 0 aliphatic heterocycles. The van der Waals surface area contributed by atoms with E-state index in [0.29, 0.717) is 12.6 Å². The Labute approximate surface area is 90.6 Å². The molecule has 3 nitrogen and oxygen atoms in total. The Hall–Kier alpha value is -1.06. The molecule has 15 heavy (non-hydrogen) atoms. The molecule has 0 aromatic heterocycles. The van der Waals surface area contributed by atoms with Crippen LogP contribution in [-0.2, 0) is 0 Å². The van der Waals surface area contributed by atoms with Gasteiger partial charge in [0.25, 0.3) is 0 Å². The van der Waals surface area contributed by atoms with Crippen molar-refractivity contribution in [2.24, 2.45) is 5.73 Å². The van der Waals surface area contributed by atoms with E-state index in [1.165, 1.54) is 18.4 Å². The summed E-state index contributed by atoms with van der Waals surface area (Å²) in [6, 6.07) is 9.03. The topological polar surface area (TPSA) is 47.3 Å². The molecule has 1 aliphatic rings. The summed E-state index contributed by atoms with van der Waals surface area (Å²) in [7, 11) is 1.69. The van der Waals surface area contributed by atoms with Gasteiger partial charge in [0.15, 0.2) is 0 Å².